The molecule has 0 spiro atoms. The van der Waals surface area contributed by atoms with Crippen molar-refractivity contribution in [2.24, 2.45) is 0 Å². The third-order valence-corrected chi connectivity index (χ3v) is 8.17. The van der Waals surface area contributed by atoms with Crippen LogP contribution in [0.5, 0.6) is 0 Å². The minimum absolute atomic E-state index is 0.0443. The smallest absolute Gasteiger partial charge is 0.264 e. The second kappa shape index (κ2) is 13.4. The molecule has 1 N–H and O–H groups in total. The number of nitrogens with zero attached hydrogens (tertiary/aromatic N) is 2. The summed E-state index contributed by atoms with van der Waals surface area (Å²) in [7, 11) is -4.33. The Morgan fingerprint density at radius 1 is 0.974 bits per heavy atom. The number of hydrogen-bond acceptors (Lipinski definition) is 4. The molecule has 0 fully saturated rings. The SMILES string of the molecule is CCCCNC(=O)C(C)N(Cc1ccccc1Cl)C(=O)CN(c1ccccc1F)S(=O)(=O)c1ccccc1. The molecule has 0 aromatic heterocycles. The van der Waals surface area contributed by atoms with E-state index < -0.39 is 34.3 Å². The standard InChI is InChI=1S/C28H31ClFN3O4S/c1-3-4-18-31-28(35)21(2)32(19-22-12-8-9-15-24(22)29)27(34)20-33(26-17-11-10-16-25(26)30)38(36,37)23-13-6-5-7-14-23/h5-17,21H,3-4,18-20H2,1-2H3,(H,31,35). The molecule has 2 amide bonds. The van der Waals surface area contributed by atoms with Crippen LogP contribution in [0.4, 0.5) is 10.1 Å². The molecule has 7 nitrogen and oxygen atoms in total. The maximum Gasteiger partial charge on any atom is 0.264 e. The van der Waals surface area contributed by atoms with E-state index in [1.54, 1.807) is 49.4 Å². The molecular weight excluding hydrogens is 529 g/mol. The topological polar surface area (TPSA) is 86.8 Å². The second-order valence-electron chi connectivity index (χ2n) is 8.71. The molecule has 0 aliphatic carbocycles. The van der Waals surface area contributed by atoms with Gasteiger partial charge in [-0.25, -0.2) is 12.8 Å². The predicted molar refractivity (Wildman–Crippen MR) is 147 cm³/mol. The van der Waals surface area contributed by atoms with Gasteiger partial charge in [0.15, 0.2) is 0 Å². The molecule has 38 heavy (non-hydrogen) atoms. The van der Waals surface area contributed by atoms with Crippen molar-refractivity contribution in [3.8, 4) is 0 Å². The predicted octanol–water partition coefficient (Wildman–Crippen LogP) is 5.01. The molecule has 3 aromatic rings. The van der Waals surface area contributed by atoms with Gasteiger partial charge in [-0.05, 0) is 49.2 Å². The van der Waals surface area contributed by atoms with Gasteiger partial charge in [0.2, 0.25) is 11.8 Å². The van der Waals surface area contributed by atoms with Crippen LogP contribution in [-0.2, 0) is 26.2 Å². The molecule has 0 radical (unpaired) electrons. The van der Waals surface area contributed by atoms with Crippen LogP contribution in [0, 0.1) is 5.82 Å². The highest BCUT2D eigenvalue weighted by Crippen LogP contribution is 2.27. The minimum Gasteiger partial charge on any atom is -0.354 e. The number of carbonyl (C=O) groups excluding carboxylic acids is 2. The number of rotatable bonds is 12. The van der Waals surface area contributed by atoms with E-state index in [0.717, 1.165) is 23.2 Å². The largest absolute Gasteiger partial charge is 0.354 e. The molecule has 1 atom stereocenters. The van der Waals surface area contributed by atoms with Gasteiger partial charge in [-0.1, -0.05) is 73.5 Å². The molecule has 0 saturated heterocycles. The average molecular weight is 560 g/mol. The lowest BCUT2D eigenvalue weighted by molar-refractivity contribution is -0.139. The van der Waals surface area contributed by atoms with Crippen LogP contribution in [0.2, 0.25) is 5.02 Å². The van der Waals surface area contributed by atoms with Crippen LogP contribution in [0.1, 0.15) is 32.3 Å². The van der Waals surface area contributed by atoms with E-state index in [2.05, 4.69) is 5.32 Å². The molecule has 0 heterocycles. The van der Waals surface area contributed by atoms with Crippen LogP contribution in [-0.4, -0.2) is 44.3 Å². The summed E-state index contributed by atoms with van der Waals surface area (Å²) in [6, 6.07) is 18.8. The highest BCUT2D eigenvalue weighted by atomic mass is 35.5. The summed E-state index contributed by atoms with van der Waals surface area (Å²) >= 11 is 6.34. The van der Waals surface area contributed by atoms with Gasteiger partial charge in [-0.3, -0.25) is 13.9 Å². The zero-order chi connectivity index (χ0) is 27.7. The zero-order valence-corrected chi connectivity index (χ0v) is 22.9. The number of hydrogen-bond donors (Lipinski definition) is 1. The number of benzene rings is 3. The number of unbranched alkanes of at least 4 members (excludes halogenated alkanes) is 1. The summed E-state index contributed by atoms with van der Waals surface area (Å²) in [5, 5.41) is 3.21. The van der Waals surface area contributed by atoms with E-state index >= 15 is 0 Å². The minimum atomic E-state index is -4.33. The van der Waals surface area contributed by atoms with Crippen molar-refractivity contribution >= 4 is 39.1 Å². The van der Waals surface area contributed by atoms with Crippen molar-refractivity contribution < 1.29 is 22.4 Å². The Balaban J connectivity index is 2.01. The van der Waals surface area contributed by atoms with Crippen LogP contribution in [0.25, 0.3) is 0 Å². The summed E-state index contributed by atoms with van der Waals surface area (Å²) in [5.41, 5.74) is 0.307. The first-order chi connectivity index (χ1) is 18.2. The van der Waals surface area contributed by atoms with Gasteiger partial charge in [0.1, 0.15) is 18.4 Å². The summed E-state index contributed by atoms with van der Waals surface area (Å²) < 4.78 is 42.9. The third-order valence-electron chi connectivity index (χ3n) is 6.03. The van der Waals surface area contributed by atoms with Crippen LogP contribution < -0.4 is 9.62 Å². The Morgan fingerprint density at radius 3 is 2.26 bits per heavy atom. The number of amides is 2. The first-order valence-corrected chi connectivity index (χ1v) is 14.1. The summed E-state index contributed by atoms with van der Waals surface area (Å²) in [4.78, 5) is 27.9. The molecule has 0 saturated carbocycles. The molecule has 0 aliphatic rings. The van der Waals surface area contributed by atoms with Crippen molar-refractivity contribution in [1.29, 1.82) is 0 Å². The lowest BCUT2D eigenvalue weighted by atomic mass is 10.1. The Kier molecular flexibility index (Phi) is 10.3. The zero-order valence-electron chi connectivity index (χ0n) is 21.3. The van der Waals surface area contributed by atoms with Gasteiger partial charge < -0.3 is 10.2 Å². The fourth-order valence-electron chi connectivity index (χ4n) is 3.82. The maximum absolute atomic E-state index is 14.9. The summed E-state index contributed by atoms with van der Waals surface area (Å²) in [5.74, 6) is -1.88. The Morgan fingerprint density at radius 2 is 1.61 bits per heavy atom. The number of carbonyl (C=O) groups is 2. The van der Waals surface area contributed by atoms with Gasteiger partial charge in [0.05, 0.1) is 10.6 Å². The molecular formula is C28H31ClFN3O4S. The quantitative estimate of drug-likeness (QED) is 0.316. The first kappa shape index (κ1) is 29.1. The van der Waals surface area contributed by atoms with Crippen LogP contribution in [0.3, 0.4) is 0 Å². The molecule has 3 aromatic carbocycles. The molecule has 0 aliphatic heterocycles. The van der Waals surface area contributed by atoms with E-state index in [0.29, 0.717) is 17.1 Å². The van der Waals surface area contributed by atoms with E-state index in [1.165, 1.54) is 35.2 Å². The number of nitrogens with one attached hydrogen (secondary N) is 1. The molecule has 202 valence electrons. The Bertz CT molecular complexity index is 1350. The third kappa shape index (κ3) is 7.11. The highest BCUT2D eigenvalue weighted by molar-refractivity contribution is 7.92. The fourth-order valence-corrected chi connectivity index (χ4v) is 5.45. The average Bonchev–Trinajstić information content (AvgIpc) is 2.91. The lowest BCUT2D eigenvalue weighted by Gasteiger charge is -2.32. The van der Waals surface area contributed by atoms with E-state index in [4.69, 9.17) is 11.6 Å². The van der Waals surface area contributed by atoms with Crippen molar-refractivity contribution in [2.75, 3.05) is 17.4 Å². The van der Waals surface area contributed by atoms with Gasteiger partial charge in [0.25, 0.3) is 10.0 Å². The monoisotopic (exact) mass is 559 g/mol. The summed E-state index contributed by atoms with van der Waals surface area (Å²) in [6.45, 7) is 3.23. The fraction of sp³-hybridized carbons (Fsp3) is 0.286. The van der Waals surface area contributed by atoms with E-state index in [1.807, 2.05) is 6.92 Å². The molecule has 1 unspecified atom stereocenters. The van der Waals surface area contributed by atoms with Crippen molar-refractivity contribution in [3.05, 3.63) is 95.3 Å². The Labute approximate surface area is 228 Å². The van der Waals surface area contributed by atoms with Crippen molar-refractivity contribution in [2.45, 2.75) is 44.2 Å². The van der Waals surface area contributed by atoms with E-state index in [9.17, 15) is 22.4 Å². The first-order valence-electron chi connectivity index (χ1n) is 12.3. The van der Waals surface area contributed by atoms with Crippen molar-refractivity contribution in [3.63, 3.8) is 0 Å². The second-order valence-corrected chi connectivity index (χ2v) is 11.0. The number of anilines is 1. The molecule has 0 bridgehead atoms. The lowest BCUT2D eigenvalue weighted by Crippen LogP contribution is -2.51. The van der Waals surface area contributed by atoms with Gasteiger partial charge in [-0.2, -0.15) is 0 Å². The van der Waals surface area contributed by atoms with Crippen molar-refractivity contribution in [1.82, 2.24) is 10.2 Å². The molecule has 3 rings (SSSR count). The normalized spacial score (nSPS) is 12.0. The van der Waals surface area contributed by atoms with Crippen LogP contribution >= 0.6 is 11.6 Å². The Hall–Kier alpha value is -3.43. The van der Waals surface area contributed by atoms with Gasteiger partial charge in [-0.15, -0.1) is 0 Å². The molecule has 10 heteroatoms. The van der Waals surface area contributed by atoms with Gasteiger partial charge >= 0.3 is 0 Å². The number of para-hydroxylation sites is 1. The number of halogens is 2. The van der Waals surface area contributed by atoms with Crippen LogP contribution in [0.15, 0.2) is 83.8 Å². The maximum atomic E-state index is 14.9. The summed E-state index contributed by atoms with van der Waals surface area (Å²) in [6.07, 6.45) is 1.65. The van der Waals surface area contributed by atoms with Gasteiger partial charge in [0, 0.05) is 18.1 Å². The highest BCUT2D eigenvalue weighted by Gasteiger charge is 2.33. The van der Waals surface area contributed by atoms with E-state index in [-0.39, 0.29) is 23.0 Å². The number of sulfonamides is 1.